The average molecular weight is 254 g/mol. The lowest BCUT2D eigenvalue weighted by Crippen LogP contribution is -2.33. The summed E-state index contributed by atoms with van der Waals surface area (Å²) in [5.74, 6) is 1.27. The first-order chi connectivity index (χ1) is 9.13. The zero-order valence-corrected chi connectivity index (χ0v) is 11.4. The number of amidine groups is 1. The van der Waals surface area contributed by atoms with Crippen LogP contribution in [0.4, 0.5) is 0 Å². The van der Waals surface area contributed by atoms with Gasteiger partial charge in [0, 0.05) is 5.92 Å². The summed E-state index contributed by atoms with van der Waals surface area (Å²) in [5.41, 5.74) is 3.97. The molecule has 98 valence electrons. The molecule has 3 rings (SSSR count). The largest absolute Gasteiger partial charge is 0.308 e. The van der Waals surface area contributed by atoms with Gasteiger partial charge in [0.1, 0.15) is 11.5 Å². The van der Waals surface area contributed by atoms with Crippen molar-refractivity contribution < 1.29 is 4.79 Å². The minimum Gasteiger partial charge on any atom is -0.308 e. The second kappa shape index (κ2) is 4.65. The standard InChI is InChI=1S/C16H18N2O/c1-10-6-7-11(2)13(8-10)9-14-16(19)18-15(17-14)12-4-3-5-12/h6-9,12H,3-5H2,1-2H3,(H,17,18,19)/b14-9+. The molecule has 3 nitrogen and oxygen atoms in total. The molecule has 0 aromatic heterocycles. The summed E-state index contributed by atoms with van der Waals surface area (Å²) in [6.07, 6.45) is 5.44. The Bertz CT molecular complexity index is 595. The zero-order valence-electron chi connectivity index (χ0n) is 11.4. The molecule has 3 heteroatoms. The van der Waals surface area contributed by atoms with Crippen molar-refractivity contribution in [2.45, 2.75) is 33.1 Å². The monoisotopic (exact) mass is 254 g/mol. The van der Waals surface area contributed by atoms with E-state index >= 15 is 0 Å². The van der Waals surface area contributed by atoms with Gasteiger partial charge < -0.3 is 5.32 Å². The summed E-state index contributed by atoms with van der Waals surface area (Å²) < 4.78 is 0. The number of hydrogen-bond acceptors (Lipinski definition) is 2. The Labute approximate surface area is 113 Å². The van der Waals surface area contributed by atoms with Crippen LogP contribution in [0.5, 0.6) is 0 Å². The summed E-state index contributed by atoms with van der Waals surface area (Å²) in [7, 11) is 0. The molecule has 19 heavy (non-hydrogen) atoms. The lowest BCUT2D eigenvalue weighted by atomic mass is 9.84. The van der Waals surface area contributed by atoms with Gasteiger partial charge >= 0.3 is 0 Å². The van der Waals surface area contributed by atoms with Gasteiger partial charge in [0.2, 0.25) is 0 Å². The maximum Gasteiger partial charge on any atom is 0.275 e. The maximum absolute atomic E-state index is 11.9. The Hall–Kier alpha value is -1.90. The van der Waals surface area contributed by atoms with Crippen LogP contribution in [0.15, 0.2) is 28.9 Å². The number of amides is 1. The van der Waals surface area contributed by atoms with Crippen LogP contribution in [-0.2, 0) is 4.79 Å². The van der Waals surface area contributed by atoms with Crippen LogP contribution in [0.1, 0.15) is 36.0 Å². The predicted octanol–water partition coefficient (Wildman–Crippen LogP) is 2.97. The van der Waals surface area contributed by atoms with Crippen molar-refractivity contribution in [3.63, 3.8) is 0 Å². The van der Waals surface area contributed by atoms with Crippen LogP contribution in [0.2, 0.25) is 0 Å². The highest BCUT2D eigenvalue weighted by Gasteiger charge is 2.30. The summed E-state index contributed by atoms with van der Waals surface area (Å²) in [4.78, 5) is 16.4. The Kier molecular flexibility index (Phi) is 2.97. The van der Waals surface area contributed by atoms with Crippen molar-refractivity contribution in [1.82, 2.24) is 5.32 Å². The minimum absolute atomic E-state index is 0.0668. The van der Waals surface area contributed by atoms with Crippen molar-refractivity contribution in [3.05, 3.63) is 40.6 Å². The number of carbonyl (C=O) groups excluding carboxylic acids is 1. The molecule has 1 aromatic carbocycles. The number of rotatable bonds is 2. The van der Waals surface area contributed by atoms with Crippen molar-refractivity contribution in [3.8, 4) is 0 Å². The van der Waals surface area contributed by atoms with Gasteiger partial charge in [0.15, 0.2) is 0 Å². The smallest absolute Gasteiger partial charge is 0.275 e. The molecule has 1 aliphatic heterocycles. The topological polar surface area (TPSA) is 41.5 Å². The molecule has 1 aromatic rings. The second-order valence-electron chi connectivity index (χ2n) is 5.47. The number of nitrogens with one attached hydrogen (secondary N) is 1. The summed E-state index contributed by atoms with van der Waals surface area (Å²) >= 11 is 0. The summed E-state index contributed by atoms with van der Waals surface area (Å²) in [6.45, 7) is 4.11. The fraction of sp³-hybridized carbons (Fsp3) is 0.375. The van der Waals surface area contributed by atoms with E-state index in [0.29, 0.717) is 11.6 Å². The van der Waals surface area contributed by atoms with Gasteiger partial charge in [0.25, 0.3) is 5.91 Å². The van der Waals surface area contributed by atoms with E-state index in [2.05, 4.69) is 42.4 Å². The molecule has 0 unspecified atom stereocenters. The van der Waals surface area contributed by atoms with Gasteiger partial charge in [0.05, 0.1) is 0 Å². The number of hydrogen-bond donors (Lipinski definition) is 1. The molecule has 1 heterocycles. The highest BCUT2D eigenvalue weighted by molar-refractivity contribution is 6.15. The summed E-state index contributed by atoms with van der Waals surface area (Å²) in [5, 5.41) is 2.90. The number of carbonyl (C=O) groups is 1. The van der Waals surface area contributed by atoms with E-state index in [0.717, 1.165) is 29.8 Å². The molecule has 0 radical (unpaired) electrons. The van der Waals surface area contributed by atoms with Crippen molar-refractivity contribution in [2.75, 3.05) is 0 Å². The highest BCUT2D eigenvalue weighted by atomic mass is 16.2. The summed E-state index contributed by atoms with van der Waals surface area (Å²) in [6, 6.07) is 6.24. The van der Waals surface area contributed by atoms with Crippen LogP contribution in [0.25, 0.3) is 6.08 Å². The first-order valence-electron chi connectivity index (χ1n) is 6.82. The molecule has 1 amide bonds. The SMILES string of the molecule is Cc1ccc(C)c(/C=C2/N=C(C3CCC3)NC2=O)c1. The van der Waals surface area contributed by atoms with Crippen molar-refractivity contribution >= 4 is 17.8 Å². The number of benzene rings is 1. The van der Waals surface area contributed by atoms with E-state index in [4.69, 9.17) is 0 Å². The fourth-order valence-electron chi connectivity index (χ4n) is 2.42. The third-order valence-corrected chi connectivity index (χ3v) is 3.93. The van der Waals surface area contributed by atoms with Crippen molar-refractivity contribution in [1.29, 1.82) is 0 Å². The minimum atomic E-state index is -0.0668. The van der Waals surface area contributed by atoms with E-state index in [1.807, 2.05) is 6.08 Å². The van der Waals surface area contributed by atoms with Crippen molar-refractivity contribution in [2.24, 2.45) is 10.9 Å². The van der Waals surface area contributed by atoms with Gasteiger partial charge in [-0.2, -0.15) is 0 Å². The van der Waals surface area contributed by atoms with E-state index in [1.54, 1.807) is 0 Å². The molecule has 1 N–H and O–H groups in total. The van der Waals surface area contributed by atoms with E-state index in [-0.39, 0.29) is 5.91 Å². The fourth-order valence-corrected chi connectivity index (χ4v) is 2.42. The average Bonchev–Trinajstić information content (AvgIpc) is 2.63. The molecule has 0 spiro atoms. The quantitative estimate of drug-likeness (QED) is 0.810. The zero-order chi connectivity index (χ0) is 13.4. The Morgan fingerprint density at radius 2 is 2.11 bits per heavy atom. The number of aliphatic imine (C=N–C) groups is 1. The van der Waals surface area contributed by atoms with Gasteiger partial charge in [-0.05, 0) is 43.9 Å². The molecule has 0 bridgehead atoms. The van der Waals surface area contributed by atoms with Gasteiger partial charge in [-0.3, -0.25) is 4.79 Å². The molecule has 0 saturated heterocycles. The van der Waals surface area contributed by atoms with Crippen LogP contribution in [0, 0.1) is 19.8 Å². The Morgan fingerprint density at radius 3 is 2.79 bits per heavy atom. The third-order valence-electron chi connectivity index (χ3n) is 3.93. The lowest BCUT2D eigenvalue weighted by molar-refractivity contribution is -0.115. The molecule has 0 atom stereocenters. The molecular formula is C16H18N2O. The molecule has 1 fully saturated rings. The van der Waals surface area contributed by atoms with Crippen LogP contribution in [-0.4, -0.2) is 11.7 Å². The molecule has 1 aliphatic carbocycles. The predicted molar refractivity (Wildman–Crippen MR) is 76.8 cm³/mol. The first-order valence-corrected chi connectivity index (χ1v) is 6.82. The van der Waals surface area contributed by atoms with Gasteiger partial charge in [-0.25, -0.2) is 4.99 Å². The van der Waals surface area contributed by atoms with Crippen LogP contribution in [0.3, 0.4) is 0 Å². The Balaban J connectivity index is 1.92. The molecule has 1 saturated carbocycles. The lowest BCUT2D eigenvalue weighted by Gasteiger charge is -2.24. The van der Waals surface area contributed by atoms with E-state index < -0.39 is 0 Å². The number of nitrogens with zero attached hydrogens (tertiary/aromatic N) is 1. The van der Waals surface area contributed by atoms with Gasteiger partial charge in [-0.1, -0.05) is 30.2 Å². The van der Waals surface area contributed by atoms with Crippen LogP contribution >= 0.6 is 0 Å². The second-order valence-corrected chi connectivity index (χ2v) is 5.47. The normalized spacial score (nSPS) is 21.3. The van der Waals surface area contributed by atoms with Gasteiger partial charge in [-0.15, -0.1) is 0 Å². The Morgan fingerprint density at radius 1 is 1.32 bits per heavy atom. The highest BCUT2D eigenvalue weighted by Crippen LogP contribution is 2.29. The molecular weight excluding hydrogens is 236 g/mol. The molecule has 2 aliphatic rings. The van der Waals surface area contributed by atoms with E-state index in [9.17, 15) is 4.79 Å². The van der Waals surface area contributed by atoms with E-state index in [1.165, 1.54) is 12.0 Å². The maximum atomic E-state index is 11.9. The third kappa shape index (κ3) is 2.33. The van der Waals surface area contributed by atoms with Crippen LogP contribution < -0.4 is 5.32 Å². The first kappa shape index (κ1) is 12.2. The number of aryl methyl sites for hydroxylation is 2.